The van der Waals surface area contributed by atoms with Gasteiger partial charge < -0.3 is 10.4 Å². The Morgan fingerprint density at radius 2 is 2.24 bits per heavy atom. The highest BCUT2D eigenvalue weighted by Crippen LogP contribution is 2.25. The lowest BCUT2D eigenvalue weighted by Crippen LogP contribution is -2.31. The van der Waals surface area contributed by atoms with Crippen LogP contribution in [0.15, 0.2) is 12.3 Å². The van der Waals surface area contributed by atoms with Crippen molar-refractivity contribution in [1.29, 1.82) is 0 Å². The maximum atomic E-state index is 10.7. The van der Waals surface area contributed by atoms with Gasteiger partial charge in [0.1, 0.15) is 5.82 Å². The summed E-state index contributed by atoms with van der Waals surface area (Å²) in [6, 6.07) is 1.40. The number of halogens is 1. The molecular formula is C12H17ClN2O2. The fraction of sp³-hybridized carbons (Fsp3) is 0.500. The number of rotatable bonds is 5. The van der Waals surface area contributed by atoms with Gasteiger partial charge in [0.05, 0.1) is 10.6 Å². The standard InChI is InChI=1S/C12H17ClN2O2/c1-4-5-12(2,3)15-10-9(13)6-8(7-14-10)11(16)17/h6-7H,4-5H2,1-3H3,(H,14,15)(H,16,17). The lowest BCUT2D eigenvalue weighted by Gasteiger charge is -2.26. The second-order valence-corrected chi connectivity index (χ2v) is 5.03. The van der Waals surface area contributed by atoms with Crippen molar-refractivity contribution < 1.29 is 9.90 Å². The molecule has 0 fully saturated rings. The number of nitrogens with zero attached hydrogens (tertiary/aromatic N) is 1. The first-order valence-corrected chi connectivity index (χ1v) is 5.90. The number of hydrogen-bond acceptors (Lipinski definition) is 3. The predicted octanol–water partition coefficient (Wildman–Crippen LogP) is 3.42. The number of anilines is 1. The number of pyridine rings is 1. The van der Waals surface area contributed by atoms with E-state index in [1.807, 2.05) is 0 Å². The van der Waals surface area contributed by atoms with Gasteiger partial charge in [0.25, 0.3) is 0 Å². The van der Waals surface area contributed by atoms with Gasteiger partial charge in [0, 0.05) is 11.7 Å². The second kappa shape index (κ2) is 5.36. The van der Waals surface area contributed by atoms with E-state index in [0.717, 1.165) is 12.8 Å². The molecular weight excluding hydrogens is 240 g/mol. The fourth-order valence-corrected chi connectivity index (χ4v) is 1.87. The first-order chi connectivity index (χ1) is 7.85. The largest absolute Gasteiger partial charge is 0.478 e. The van der Waals surface area contributed by atoms with E-state index in [1.54, 1.807) is 0 Å². The van der Waals surface area contributed by atoms with Gasteiger partial charge in [-0.3, -0.25) is 0 Å². The number of carbonyl (C=O) groups is 1. The molecule has 0 amide bonds. The van der Waals surface area contributed by atoms with Gasteiger partial charge in [0.2, 0.25) is 0 Å². The first kappa shape index (κ1) is 13.8. The van der Waals surface area contributed by atoms with E-state index in [1.165, 1.54) is 12.3 Å². The molecule has 17 heavy (non-hydrogen) atoms. The van der Waals surface area contributed by atoms with Crippen LogP contribution in [0.4, 0.5) is 5.82 Å². The van der Waals surface area contributed by atoms with Crippen molar-refractivity contribution in [2.75, 3.05) is 5.32 Å². The van der Waals surface area contributed by atoms with Gasteiger partial charge in [-0.15, -0.1) is 0 Å². The molecule has 0 spiro atoms. The molecule has 0 bridgehead atoms. The van der Waals surface area contributed by atoms with Gasteiger partial charge in [-0.2, -0.15) is 0 Å². The fourth-order valence-electron chi connectivity index (χ4n) is 1.65. The minimum atomic E-state index is -1.03. The van der Waals surface area contributed by atoms with E-state index in [0.29, 0.717) is 10.8 Å². The second-order valence-electron chi connectivity index (χ2n) is 4.62. The van der Waals surface area contributed by atoms with Crippen LogP contribution < -0.4 is 5.32 Å². The number of hydrogen-bond donors (Lipinski definition) is 2. The van der Waals surface area contributed by atoms with Crippen LogP contribution >= 0.6 is 11.6 Å². The molecule has 1 rings (SSSR count). The van der Waals surface area contributed by atoms with E-state index in [4.69, 9.17) is 16.7 Å². The Morgan fingerprint density at radius 3 is 2.71 bits per heavy atom. The van der Waals surface area contributed by atoms with Gasteiger partial charge in [-0.05, 0) is 26.3 Å². The van der Waals surface area contributed by atoms with Crippen molar-refractivity contribution >= 4 is 23.4 Å². The Balaban J connectivity index is 2.90. The van der Waals surface area contributed by atoms with Crippen molar-refractivity contribution in [3.8, 4) is 0 Å². The van der Waals surface area contributed by atoms with Gasteiger partial charge >= 0.3 is 5.97 Å². The molecule has 4 nitrogen and oxygen atoms in total. The molecule has 0 unspecified atom stereocenters. The number of carboxylic acid groups (broad SMARTS) is 1. The maximum Gasteiger partial charge on any atom is 0.337 e. The van der Waals surface area contributed by atoms with Gasteiger partial charge in [0.15, 0.2) is 0 Å². The SMILES string of the molecule is CCCC(C)(C)Nc1ncc(C(=O)O)cc1Cl. The van der Waals surface area contributed by atoms with E-state index in [-0.39, 0.29) is 11.1 Å². The van der Waals surface area contributed by atoms with Gasteiger partial charge in [-0.25, -0.2) is 9.78 Å². The van der Waals surface area contributed by atoms with E-state index in [9.17, 15) is 4.79 Å². The minimum Gasteiger partial charge on any atom is -0.478 e. The van der Waals surface area contributed by atoms with Crippen molar-refractivity contribution in [2.24, 2.45) is 0 Å². The Labute approximate surface area is 106 Å². The zero-order chi connectivity index (χ0) is 13.1. The van der Waals surface area contributed by atoms with Crippen molar-refractivity contribution in [3.63, 3.8) is 0 Å². The van der Waals surface area contributed by atoms with Crippen LogP contribution in [0.25, 0.3) is 0 Å². The zero-order valence-corrected chi connectivity index (χ0v) is 11.0. The molecule has 94 valence electrons. The Morgan fingerprint density at radius 1 is 1.59 bits per heavy atom. The van der Waals surface area contributed by atoms with Crippen LogP contribution in [-0.2, 0) is 0 Å². The summed E-state index contributed by atoms with van der Waals surface area (Å²) in [5.74, 6) is -0.506. The molecule has 0 radical (unpaired) electrons. The third-order valence-corrected chi connectivity index (χ3v) is 2.71. The molecule has 0 aliphatic carbocycles. The third kappa shape index (κ3) is 3.89. The van der Waals surface area contributed by atoms with Crippen LogP contribution in [0.3, 0.4) is 0 Å². The molecule has 2 N–H and O–H groups in total. The monoisotopic (exact) mass is 256 g/mol. The lowest BCUT2D eigenvalue weighted by molar-refractivity contribution is 0.0696. The van der Waals surface area contributed by atoms with Crippen LogP contribution in [-0.4, -0.2) is 21.6 Å². The van der Waals surface area contributed by atoms with E-state index >= 15 is 0 Å². The summed E-state index contributed by atoms with van der Waals surface area (Å²) < 4.78 is 0. The Bertz CT molecular complexity index is 419. The predicted molar refractivity (Wildman–Crippen MR) is 68.8 cm³/mol. The smallest absolute Gasteiger partial charge is 0.337 e. The number of aromatic carboxylic acids is 1. The molecule has 0 saturated heterocycles. The Hall–Kier alpha value is -1.29. The third-order valence-electron chi connectivity index (χ3n) is 2.42. The summed E-state index contributed by atoms with van der Waals surface area (Å²) in [4.78, 5) is 14.8. The summed E-state index contributed by atoms with van der Waals surface area (Å²) in [5, 5.41) is 12.3. The summed E-state index contributed by atoms with van der Waals surface area (Å²) in [5.41, 5.74) is -0.0234. The lowest BCUT2D eigenvalue weighted by atomic mass is 9.99. The van der Waals surface area contributed by atoms with E-state index < -0.39 is 5.97 Å². The molecule has 5 heteroatoms. The van der Waals surface area contributed by atoms with Gasteiger partial charge in [-0.1, -0.05) is 24.9 Å². The molecule has 0 aromatic carbocycles. The van der Waals surface area contributed by atoms with Crippen LogP contribution in [0.1, 0.15) is 44.0 Å². The molecule has 0 atom stereocenters. The maximum absolute atomic E-state index is 10.7. The van der Waals surface area contributed by atoms with Crippen LogP contribution in [0.5, 0.6) is 0 Å². The average molecular weight is 257 g/mol. The zero-order valence-electron chi connectivity index (χ0n) is 10.2. The van der Waals surface area contributed by atoms with Crippen molar-refractivity contribution in [1.82, 2.24) is 4.98 Å². The Kier molecular flexibility index (Phi) is 4.34. The average Bonchev–Trinajstić information content (AvgIpc) is 2.20. The summed E-state index contributed by atoms with van der Waals surface area (Å²) in [6.45, 7) is 6.21. The molecule has 0 aliphatic rings. The summed E-state index contributed by atoms with van der Waals surface area (Å²) in [6.07, 6.45) is 3.33. The van der Waals surface area contributed by atoms with Crippen LogP contribution in [0, 0.1) is 0 Å². The molecule has 1 aromatic rings. The van der Waals surface area contributed by atoms with Crippen molar-refractivity contribution in [3.05, 3.63) is 22.8 Å². The van der Waals surface area contributed by atoms with Crippen LogP contribution in [0.2, 0.25) is 5.02 Å². The highest BCUT2D eigenvalue weighted by Gasteiger charge is 2.18. The normalized spacial score (nSPS) is 11.3. The molecule has 1 aromatic heterocycles. The topological polar surface area (TPSA) is 62.2 Å². The minimum absolute atomic E-state index is 0.0915. The van der Waals surface area contributed by atoms with Crippen molar-refractivity contribution in [2.45, 2.75) is 39.2 Å². The number of nitrogens with one attached hydrogen (secondary N) is 1. The highest BCUT2D eigenvalue weighted by molar-refractivity contribution is 6.33. The first-order valence-electron chi connectivity index (χ1n) is 5.53. The quantitative estimate of drug-likeness (QED) is 0.847. The highest BCUT2D eigenvalue weighted by atomic mass is 35.5. The molecule has 0 aliphatic heterocycles. The number of carboxylic acids is 1. The molecule has 0 saturated carbocycles. The van der Waals surface area contributed by atoms with E-state index in [2.05, 4.69) is 31.1 Å². The number of aromatic nitrogens is 1. The summed E-state index contributed by atoms with van der Waals surface area (Å²) >= 11 is 5.99. The summed E-state index contributed by atoms with van der Waals surface area (Å²) in [7, 11) is 0. The molecule has 1 heterocycles.